The van der Waals surface area contributed by atoms with Gasteiger partial charge < -0.3 is 9.47 Å². The van der Waals surface area contributed by atoms with Crippen LogP contribution in [0.3, 0.4) is 0 Å². The summed E-state index contributed by atoms with van der Waals surface area (Å²) in [4.78, 5) is 23.2. The molecule has 0 aliphatic heterocycles. The molecule has 4 heteroatoms. The zero-order valence-electron chi connectivity index (χ0n) is 18.7. The maximum atomic E-state index is 12.2. The van der Waals surface area contributed by atoms with Gasteiger partial charge in [-0.1, -0.05) is 39.3 Å². The number of hydrogen-bond acceptors (Lipinski definition) is 4. The second kappa shape index (κ2) is 8.42. The minimum Gasteiger partial charge on any atom is -0.462 e. The van der Waals surface area contributed by atoms with E-state index in [1.54, 1.807) is 0 Å². The molecular weight excluding hydrogens is 352 g/mol. The molecule has 2 aliphatic carbocycles. The van der Waals surface area contributed by atoms with Crippen molar-refractivity contribution in [2.24, 2.45) is 16.7 Å². The van der Waals surface area contributed by atoms with Crippen molar-refractivity contribution in [2.45, 2.75) is 92.1 Å². The summed E-state index contributed by atoms with van der Waals surface area (Å²) in [5, 5.41) is 0. The van der Waals surface area contributed by atoms with Crippen LogP contribution in [0.5, 0.6) is 0 Å². The standard InChI is InChI=1S/C24H38O4/c1-17(12-16-27-19(3)25)11-15-24(28-20(4)26)18(2)9-10-21-22(5,6)13-8-14-23(21,24)7/h12,21H,2,8-11,13-16H2,1,3-7H3/b17-12+/t21-,23-,24+/m1/s1. The third kappa shape index (κ3) is 4.36. The summed E-state index contributed by atoms with van der Waals surface area (Å²) < 4.78 is 11.2. The van der Waals surface area contributed by atoms with E-state index in [1.165, 1.54) is 20.3 Å². The van der Waals surface area contributed by atoms with Crippen molar-refractivity contribution in [3.63, 3.8) is 0 Å². The Hall–Kier alpha value is -1.58. The van der Waals surface area contributed by atoms with Crippen molar-refractivity contribution in [2.75, 3.05) is 6.61 Å². The topological polar surface area (TPSA) is 52.6 Å². The summed E-state index contributed by atoms with van der Waals surface area (Å²) in [5.74, 6) is -0.00207. The minimum atomic E-state index is -0.629. The molecule has 0 saturated heterocycles. The molecule has 158 valence electrons. The Morgan fingerprint density at radius 3 is 2.43 bits per heavy atom. The van der Waals surface area contributed by atoms with Crippen LogP contribution in [-0.2, 0) is 19.1 Å². The van der Waals surface area contributed by atoms with Crippen LogP contribution in [0.1, 0.15) is 86.5 Å². The van der Waals surface area contributed by atoms with Gasteiger partial charge in [0.15, 0.2) is 0 Å². The number of hydrogen-bond donors (Lipinski definition) is 0. The monoisotopic (exact) mass is 390 g/mol. The summed E-state index contributed by atoms with van der Waals surface area (Å²) in [6.07, 6.45) is 8.92. The van der Waals surface area contributed by atoms with Gasteiger partial charge in [-0.25, -0.2) is 0 Å². The smallest absolute Gasteiger partial charge is 0.303 e. The fourth-order valence-corrected chi connectivity index (χ4v) is 5.96. The molecule has 0 radical (unpaired) electrons. The third-order valence-electron chi connectivity index (χ3n) is 7.37. The molecule has 0 bridgehead atoms. The van der Waals surface area contributed by atoms with Crippen molar-refractivity contribution in [3.8, 4) is 0 Å². The van der Waals surface area contributed by atoms with E-state index in [1.807, 2.05) is 13.0 Å². The average molecular weight is 391 g/mol. The Bertz CT molecular complexity index is 660. The molecule has 0 unspecified atom stereocenters. The molecule has 3 atom stereocenters. The van der Waals surface area contributed by atoms with Gasteiger partial charge >= 0.3 is 11.9 Å². The quantitative estimate of drug-likeness (QED) is 0.427. The number of fused-ring (bicyclic) bond motifs is 1. The van der Waals surface area contributed by atoms with E-state index in [4.69, 9.17) is 9.47 Å². The Labute approximate surface area is 170 Å². The summed E-state index contributed by atoms with van der Waals surface area (Å²) in [6, 6.07) is 0. The summed E-state index contributed by atoms with van der Waals surface area (Å²) in [7, 11) is 0. The molecule has 0 N–H and O–H groups in total. The molecule has 0 aromatic carbocycles. The largest absolute Gasteiger partial charge is 0.462 e. The molecule has 2 aliphatic rings. The predicted octanol–water partition coefficient (Wildman–Crippen LogP) is 5.76. The van der Waals surface area contributed by atoms with Crippen LogP contribution >= 0.6 is 0 Å². The Morgan fingerprint density at radius 2 is 1.82 bits per heavy atom. The molecule has 2 saturated carbocycles. The normalized spacial score (nSPS) is 32.4. The first-order valence-electron chi connectivity index (χ1n) is 10.6. The van der Waals surface area contributed by atoms with Crippen molar-refractivity contribution < 1.29 is 19.1 Å². The number of ether oxygens (including phenoxy) is 2. The van der Waals surface area contributed by atoms with Crippen LogP contribution in [0.15, 0.2) is 23.8 Å². The highest BCUT2D eigenvalue weighted by Crippen LogP contribution is 2.64. The van der Waals surface area contributed by atoms with Crippen LogP contribution in [0, 0.1) is 16.7 Å². The van der Waals surface area contributed by atoms with E-state index in [2.05, 4.69) is 27.4 Å². The van der Waals surface area contributed by atoms with Crippen LogP contribution in [0.2, 0.25) is 0 Å². The van der Waals surface area contributed by atoms with Crippen LogP contribution in [0.25, 0.3) is 0 Å². The average Bonchev–Trinajstić information content (AvgIpc) is 2.55. The molecule has 4 nitrogen and oxygen atoms in total. The first-order chi connectivity index (χ1) is 12.9. The highest BCUT2D eigenvalue weighted by molar-refractivity contribution is 5.67. The van der Waals surface area contributed by atoms with Gasteiger partial charge in [0.2, 0.25) is 0 Å². The molecular formula is C24H38O4. The zero-order valence-corrected chi connectivity index (χ0v) is 18.7. The summed E-state index contributed by atoms with van der Waals surface area (Å²) in [6.45, 7) is 16.7. The van der Waals surface area contributed by atoms with Gasteiger partial charge in [0.05, 0.1) is 0 Å². The molecule has 2 rings (SSSR count). The lowest BCUT2D eigenvalue weighted by Crippen LogP contribution is -2.61. The number of esters is 2. The fraction of sp³-hybridized carbons (Fsp3) is 0.750. The molecule has 0 spiro atoms. The van der Waals surface area contributed by atoms with Crippen molar-refractivity contribution >= 4 is 11.9 Å². The van der Waals surface area contributed by atoms with E-state index >= 15 is 0 Å². The lowest BCUT2D eigenvalue weighted by atomic mass is 9.45. The van der Waals surface area contributed by atoms with E-state index in [0.717, 1.165) is 49.7 Å². The van der Waals surface area contributed by atoms with E-state index < -0.39 is 5.60 Å². The van der Waals surface area contributed by atoms with Crippen molar-refractivity contribution in [3.05, 3.63) is 23.8 Å². The molecule has 0 aromatic rings. The van der Waals surface area contributed by atoms with Gasteiger partial charge in [-0.15, -0.1) is 0 Å². The first kappa shape index (κ1) is 22.7. The van der Waals surface area contributed by atoms with Gasteiger partial charge in [-0.05, 0) is 68.4 Å². The second-order valence-electron chi connectivity index (χ2n) is 9.73. The lowest BCUT2D eigenvalue weighted by molar-refractivity contribution is -0.196. The van der Waals surface area contributed by atoms with Gasteiger partial charge in [0.25, 0.3) is 0 Å². The molecule has 0 aromatic heterocycles. The maximum absolute atomic E-state index is 12.2. The summed E-state index contributed by atoms with van der Waals surface area (Å²) in [5.41, 5.74) is 1.70. The number of carbonyl (C=O) groups is 2. The number of rotatable bonds is 6. The SMILES string of the molecule is C=C1CC[C@@H]2C(C)(C)CCC[C@@]2(C)[C@@]1(CC/C(C)=C/COC(C)=O)OC(C)=O. The van der Waals surface area contributed by atoms with Gasteiger partial charge in [-0.2, -0.15) is 0 Å². The maximum Gasteiger partial charge on any atom is 0.303 e. The Balaban J connectivity index is 2.34. The second-order valence-corrected chi connectivity index (χ2v) is 9.73. The summed E-state index contributed by atoms with van der Waals surface area (Å²) >= 11 is 0. The molecule has 0 heterocycles. The minimum absolute atomic E-state index is 0.105. The van der Waals surface area contributed by atoms with Crippen molar-refractivity contribution in [1.82, 2.24) is 0 Å². The molecule has 28 heavy (non-hydrogen) atoms. The lowest BCUT2D eigenvalue weighted by Gasteiger charge is -2.62. The van der Waals surface area contributed by atoms with Gasteiger partial charge in [-0.3, -0.25) is 9.59 Å². The van der Waals surface area contributed by atoms with Crippen LogP contribution in [-0.4, -0.2) is 24.1 Å². The Kier molecular flexibility index (Phi) is 6.83. The van der Waals surface area contributed by atoms with E-state index in [9.17, 15) is 9.59 Å². The first-order valence-corrected chi connectivity index (χ1v) is 10.6. The highest BCUT2D eigenvalue weighted by atomic mass is 16.6. The molecule has 0 amide bonds. The van der Waals surface area contributed by atoms with E-state index in [-0.39, 0.29) is 29.4 Å². The van der Waals surface area contributed by atoms with E-state index in [0.29, 0.717) is 5.92 Å². The zero-order chi connectivity index (χ0) is 21.2. The fourth-order valence-electron chi connectivity index (χ4n) is 5.96. The van der Waals surface area contributed by atoms with Gasteiger partial charge in [0, 0.05) is 19.3 Å². The predicted molar refractivity (Wildman–Crippen MR) is 112 cm³/mol. The Morgan fingerprint density at radius 1 is 1.14 bits per heavy atom. The van der Waals surface area contributed by atoms with Crippen LogP contribution < -0.4 is 0 Å². The highest BCUT2D eigenvalue weighted by Gasteiger charge is 2.62. The third-order valence-corrected chi connectivity index (χ3v) is 7.37. The van der Waals surface area contributed by atoms with Gasteiger partial charge in [0.1, 0.15) is 12.2 Å². The number of carbonyl (C=O) groups excluding carboxylic acids is 2. The van der Waals surface area contributed by atoms with Crippen LogP contribution in [0.4, 0.5) is 0 Å². The molecule has 2 fully saturated rings. The number of allylic oxidation sites excluding steroid dienone is 1. The van der Waals surface area contributed by atoms with Crippen molar-refractivity contribution in [1.29, 1.82) is 0 Å².